The van der Waals surface area contributed by atoms with Gasteiger partial charge in [0.25, 0.3) is 11.9 Å². The van der Waals surface area contributed by atoms with E-state index in [0.717, 1.165) is 34.0 Å². The van der Waals surface area contributed by atoms with E-state index in [9.17, 15) is 19.2 Å². The molecule has 4 rings (SSSR count). The van der Waals surface area contributed by atoms with Crippen LogP contribution in [-0.2, 0) is 56.3 Å². The Morgan fingerprint density at radius 3 is 1.70 bits per heavy atom. The van der Waals surface area contributed by atoms with Gasteiger partial charge in [-0.15, -0.1) is 0 Å². The van der Waals surface area contributed by atoms with Crippen molar-refractivity contribution in [2.24, 2.45) is 0 Å². The molecular weight excluding hydrogens is 723 g/mol. The number of benzene rings is 3. The quantitative estimate of drug-likeness (QED) is 0.0491. The fourth-order valence-electron chi connectivity index (χ4n) is 4.12. The molecule has 12 heteroatoms. The number of esters is 4. The van der Waals surface area contributed by atoms with Crippen LogP contribution in [0.1, 0.15) is 6.92 Å². The topological polar surface area (TPSA) is 118 Å². The maximum atomic E-state index is 11.8. The first kappa shape index (κ1) is 38.0. The first-order valence-electron chi connectivity index (χ1n) is 13.3. The van der Waals surface area contributed by atoms with Crippen LogP contribution in [0.15, 0.2) is 114 Å². The normalized spacial score (nSPS) is 11.1. The van der Waals surface area contributed by atoms with Crippen LogP contribution in [0.2, 0.25) is 0 Å². The minimum absolute atomic E-state index is 0.249. The van der Waals surface area contributed by atoms with Crippen LogP contribution in [-0.4, -0.2) is 57.3 Å². The van der Waals surface area contributed by atoms with Gasteiger partial charge < -0.3 is 23.7 Å². The zero-order valence-electron chi connectivity index (χ0n) is 25.6. The van der Waals surface area contributed by atoms with Crippen molar-refractivity contribution in [3.8, 4) is 0 Å². The molecule has 0 aliphatic heterocycles. The Morgan fingerprint density at radius 2 is 1.20 bits per heavy atom. The molecule has 242 valence electrons. The van der Waals surface area contributed by atoms with Gasteiger partial charge in [0.1, 0.15) is 0 Å². The van der Waals surface area contributed by atoms with Gasteiger partial charge >= 0.3 is 33.7 Å². The van der Waals surface area contributed by atoms with E-state index < -0.39 is 42.9 Å². The standard InChI is InChI=1S/C21H16NP.C13H15O8.ClH.Pd/c1-3-11-18(12-4-1)23(19-13-5-2-6-14-19)20-15-7-9-17-10-8-16-22-21(17)20;1-7(11(15)19-3)10(13(17)21-5)8(12(16)20-4)6-9(14)18-2;;/h1-16H;1-5H3;1H;/q;-1;;+2/p-1/b;10-7-;;. The number of carbonyl (C=O) groups is 4. The van der Waals surface area contributed by atoms with Crippen LogP contribution in [0, 0.1) is 6.08 Å². The fourth-order valence-corrected chi connectivity index (χ4v) is 6.55. The molecule has 0 N–H and O–H groups in total. The molecule has 1 aromatic heterocycles. The molecule has 46 heavy (non-hydrogen) atoms. The monoisotopic (exact) mass is 753 g/mol. The van der Waals surface area contributed by atoms with Crippen LogP contribution in [0.5, 0.6) is 0 Å². The number of para-hydroxylation sites is 1. The van der Waals surface area contributed by atoms with Crippen LogP contribution in [0.4, 0.5) is 0 Å². The van der Waals surface area contributed by atoms with E-state index in [1.54, 1.807) is 0 Å². The van der Waals surface area contributed by atoms with Crippen molar-refractivity contribution in [2.45, 2.75) is 6.92 Å². The summed E-state index contributed by atoms with van der Waals surface area (Å²) < 4.78 is 17.8. The first-order valence-corrected chi connectivity index (χ1v) is 16.7. The van der Waals surface area contributed by atoms with Crippen molar-refractivity contribution in [3.05, 3.63) is 120 Å². The van der Waals surface area contributed by atoms with E-state index in [4.69, 9.17) is 0 Å². The Hall–Kier alpha value is -4.19. The third-order valence-corrected chi connectivity index (χ3v) is 8.66. The van der Waals surface area contributed by atoms with Gasteiger partial charge in [-0.3, -0.25) is 14.6 Å². The average molecular weight is 754 g/mol. The summed E-state index contributed by atoms with van der Waals surface area (Å²) in [4.78, 5) is 51.0. The molecule has 0 spiro atoms. The number of aromatic nitrogens is 1. The predicted octanol–water partition coefficient (Wildman–Crippen LogP) is 4.40. The molecule has 0 aliphatic rings. The molecule has 0 saturated carbocycles. The van der Waals surface area contributed by atoms with Crippen molar-refractivity contribution < 1.29 is 56.3 Å². The molecule has 0 bridgehead atoms. The fraction of sp³-hybridized carbons (Fsp3) is 0.147. The van der Waals surface area contributed by atoms with Crippen molar-refractivity contribution >= 4 is 68.1 Å². The minimum atomic E-state index is -1.07. The van der Waals surface area contributed by atoms with Crippen molar-refractivity contribution in [1.29, 1.82) is 0 Å². The molecular formula is C34H31ClNO8PPd. The molecule has 1 heterocycles. The molecule has 3 aromatic carbocycles. The Bertz CT molecular complexity index is 1650. The van der Waals surface area contributed by atoms with E-state index >= 15 is 0 Å². The van der Waals surface area contributed by atoms with Crippen LogP contribution in [0.25, 0.3) is 10.9 Å². The van der Waals surface area contributed by atoms with Gasteiger partial charge in [-0.1, -0.05) is 96.6 Å². The molecule has 0 unspecified atom stereocenters. The van der Waals surface area contributed by atoms with E-state index in [-0.39, 0.29) is 5.57 Å². The number of ether oxygens (including phenoxy) is 4. The van der Waals surface area contributed by atoms with Gasteiger partial charge in [0.2, 0.25) is 5.97 Å². The van der Waals surface area contributed by atoms with Gasteiger partial charge in [0, 0.05) is 16.9 Å². The molecule has 0 radical (unpaired) electrons. The summed E-state index contributed by atoms with van der Waals surface area (Å²) in [5.41, 5.74) is -0.240. The first-order chi connectivity index (χ1) is 22.3. The summed E-state index contributed by atoms with van der Waals surface area (Å²) in [5, 5.41) is 5.22. The molecule has 0 atom stereocenters. The van der Waals surface area contributed by atoms with Gasteiger partial charge in [0.15, 0.2) is 0 Å². The summed E-state index contributed by atoms with van der Waals surface area (Å²) in [6, 6.07) is 32.1. The van der Waals surface area contributed by atoms with E-state index in [0.29, 0.717) is 0 Å². The molecule has 0 amide bonds. The molecule has 0 aliphatic carbocycles. The van der Waals surface area contributed by atoms with E-state index in [2.05, 4.69) is 137 Å². The molecule has 0 saturated heterocycles. The largest absolute Gasteiger partial charge is 0.256 e. The third-order valence-electron chi connectivity index (χ3n) is 6.19. The Kier molecular flexibility index (Phi) is 16.6. The van der Waals surface area contributed by atoms with Crippen LogP contribution in [0.3, 0.4) is 0 Å². The summed E-state index contributed by atoms with van der Waals surface area (Å²) in [7, 11) is 8.10. The number of rotatable bonds is 8. The summed E-state index contributed by atoms with van der Waals surface area (Å²) in [6.07, 6.45) is 3.89. The maximum Gasteiger partial charge on any atom is 0.0785 e. The molecule has 0 fully saturated rings. The smallest absolute Gasteiger partial charge is 0.0785 e. The van der Waals surface area contributed by atoms with Crippen LogP contribution < -0.4 is 15.9 Å². The summed E-state index contributed by atoms with van der Waals surface area (Å²) in [6.45, 7) is 1.22. The van der Waals surface area contributed by atoms with Gasteiger partial charge in [-0.2, -0.15) is 0 Å². The second kappa shape index (κ2) is 20.0. The molecule has 4 aromatic rings. The van der Waals surface area contributed by atoms with Gasteiger partial charge in [0.05, 0.1) is 34.0 Å². The van der Waals surface area contributed by atoms with E-state index in [1.165, 1.54) is 28.2 Å². The third kappa shape index (κ3) is 10.2. The predicted molar refractivity (Wildman–Crippen MR) is 174 cm³/mol. The Morgan fingerprint density at radius 1 is 0.674 bits per heavy atom. The number of nitrogens with zero attached hydrogens (tertiary/aromatic N) is 1. The number of hydrogen-bond acceptors (Lipinski definition) is 9. The van der Waals surface area contributed by atoms with Gasteiger partial charge in [-0.25, -0.2) is 4.79 Å². The van der Waals surface area contributed by atoms with Crippen LogP contribution >= 0.6 is 17.5 Å². The number of pyridine rings is 1. The zero-order valence-corrected chi connectivity index (χ0v) is 28.8. The van der Waals surface area contributed by atoms with Gasteiger partial charge in [-0.05, 0) is 42.7 Å². The number of fused-ring (bicyclic) bond motifs is 1. The second-order valence-corrected chi connectivity index (χ2v) is 11.0. The minimum Gasteiger partial charge on any atom is -0.256 e. The number of halogens is 1. The second-order valence-electron chi connectivity index (χ2n) is 8.83. The molecule has 9 nitrogen and oxygen atoms in total. The number of carbonyl (C=O) groups excluding carboxylic acids is 4. The average Bonchev–Trinajstić information content (AvgIpc) is 3.12. The SMILES string of the molecule is COC(=O)[C-]=C(C(=O)OC)/C(C(=O)OC)=C(\C)C(=O)OC.[Cl][Pd+].c1ccc(P(c2ccccc2)c2cccc3cccnc23)cc1. The van der Waals surface area contributed by atoms with Crippen molar-refractivity contribution in [2.75, 3.05) is 28.4 Å². The summed E-state index contributed by atoms with van der Waals surface area (Å²) >= 11 is 2.22. The van der Waals surface area contributed by atoms with E-state index in [1.807, 2.05) is 18.3 Å². The Labute approximate surface area is 283 Å². The number of methoxy groups -OCH3 is 4. The maximum absolute atomic E-state index is 11.8. The van der Waals surface area contributed by atoms with Crippen molar-refractivity contribution in [3.63, 3.8) is 0 Å². The Balaban J connectivity index is 0.000000306. The zero-order chi connectivity index (χ0) is 34.1. The number of hydrogen-bond donors (Lipinski definition) is 0. The summed E-state index contributed by atoms with van der Waals surface area (Å²) in [5.74, 6) is -4.02. The van der Waals surface area contributed by atoms with Crippen molar-refractivity contribution in [1.82, 2.24) is 4.98 Å².